The van der Waals surface area contributed by atoms with Crippen molar-refractivity contribution in [1.29, 1.82) is 0 Å². The Hall–Kier alpha value is -2.55. The Labute approximate surface area is 137 Å². The van der Waals surface area contributed by atoms with Gasteiger partial charge in [-0.05, 0) is 18.9 Å². The van der Waals surface area contributed by atoms with Crippen LogP contribution in [0.4, 0.5) is 0 Å². The highest BCUT2D eigenvalue weighted by Gasteiger charge is 2.19. The van der Waals surface area contributed by atoms with Gasteiger partial charge in [-0.1, -0.05) is 60.2 Å². The molecule has 1 fully saturated rings. The van der Waals surface area contributed by atoms with E-state index in [9.17, 15) is 4.79 Å². The molecule has 1 aliphatic rings. The van der Waals surface area contributed by atoms with E-state index in [1.54, 1.807) is 0 Å². The molecule has 0 aliphatic carbocycles. The van der Waals surface area contributed by atoms with Gasteiger partial charge in [-0.3, -0.25) is 4.79 Å². The first kappa shape index (κ1) is 15.3. The number of hydrogen-bond donors (Lipinski definition) is 2. The van der Waals surface area contributed by atoms with Gasteiger partial charge in [-0.2, -0.15) is 0 Å². The number of nitrogens with one attached hydrogen (secondary N) is 2. The number of rotatable bonds is 4. The second-order valence-corrected chi connectivity index (χ2v) is 5.92. The molecule has 2 aromatic carbocycles. The molecule has 0 saturated carbocycles. The predicted molar refractivity (Wildman–Crippen MR) is 93.3 cm³/mol. The van der Waals surface area contributed by atoms with Crippen molar-refractivity contribution in [2.45, 2.75) is 19.8 Å². The second-order valence-electron chi connectivity index (χ2n) is 5.92. The van der Waals surface area contributed by atoms with Crippen molar-refractivity contribution in [3.63, 3.8) is 0 Å². The fourth-order valence-corrected chi connectivity index (χ4v) is 2.75. The first-order valence-electron chi connectivity index (χ1n) is 8.10. The first-order valence-corrected chi connectivity index (χ1v) is 8.10. The zero-order valence-electron chi connectivity index (χ0n) is 13.4. The van der Waals surface area contributed by atoms with Gasteiger partial charge in [-0.15, -0.1) is 0 Å². The molecule has 3 heteroatoms. The number of carbonyl (C=O) groups excluding carboxylic acids is 1. The van der Waals surface area contributed by atoms with Gasteiger partial charge in [-0.25, -0.2) is 0 Å². The maximum Gasteiger partial charge on any atom is 0.192 e. The van der Waals surface area contributed by atoms with E-state index in [1.807, 2.05) is 49.4 Å². The van der Waals surface area contributed by atoms with Crippen LogP contribution >= 0.6 is 0 Å². The number of hydrogen-bond acceptors (Lipinski definition) is 3. The molecule has 3 nitrogen and oxygen atoms in total. The molecule has 0 atom stereocenters. The minimum Gasteiger partial charge on any atom is -0.371 e. The molecule has 0 amide bonds. The highest BCUT2D eigenvalue weighted by atomic mass is 16.1. The molecule has 2 aromatic rings. The van der Waals surface area contributed by atoms with Gasteiger partial charge in [0.05, 0.1) is 0 Å². The number of benzene rings is 2. The molecule has 2 N–H and O–H groups in total. The van der Waals surface area contributed by atoms with E-state index >= 15 is 0 Å². The van der Waals surface area contributed by atoms with Gasteiger partial charge < -0.3 is 10.6 Å². The van der Waals surface area contributed by atoms with E-state index in [-0.39, 0.29) is 5.78 Å². The lowest BCUT2D eigenvalue weighted by molar-refractivity contribution is 0.102. The predicted octanol–water partition coefficient (Wildman–Crippen LogP) is 3.21. The standard InChI is InChI=1S/C20H22N2O/c1-15-8-10-17(11-9-15)19(23)18(20-21-12-5-13-22-20)14-16-6-3-2-4-7-16/h2-4,6-11,21-22H,5,12-14H2,1H3. The number of aryl methyl sites for hydroxylation is 1. The van der Waals surface area contributed by atoms with Gasteiger partial charge in [0.25, 0.3) is 0 Å². The summed E-state index contributed by atoms with van der Waals surface area (Å²) in [5, 5.41) is 6.70. The van der Waals surface area contributed by atoms with Crippen molar-refractivity contribution in [2.24, 2.45) is 0 Å². The number of allylic oxidation sites excluding steroid dienone is 1. The van der Waals surface area contributed by atoms with Gasteiger partial charge in [0.1, 0.15) is 5.82 Å². The minimum absolute atomic E-state index is 0.0887. The zero-order chi connectivity index (χ0) is 16.1. The lowest BCUT2D eigenvalue weighted by Crippen LogP contribution is -2.37. The van der Waals surface area contributed by atoms with Gasteiger partial charge >= 0.3 is 0 Å². The molecule has 3 rings (SSSR count). The Balaban J connectivity index is 1.94. The molecule has 1 heterocycles. The normalized spacial score (nSPS) is 13.9. The Kier molecular flexibility index (Phi) is 4.77. The van der Waals surface area contributed by atoms with Gasteiger partial charge in [0.2, 0.25) is 0 Å². The number of carbonyl (C=O) groups is 1. The van der Waals surface area contributed by atoms with Crippen LogP contribution in [-0.4, -0.2) is 18.9 Å². The smallest absolute Gasteiger partial charge is 0.192 e. The third-order valence-electron chi connectivity index (χ3n) is 4.07. The van der Waals surface area contributed by atoms with Crippen molar-refractivity contribution >= 4 is 5.78 Å². The molecule has 0 spiro atoms. The van der Waals surface area contributed by atoms with E-state index in [0.717, 1.165) is 47.6 Å². The van der Waals surface area contributed by atoms with Crippen LogP contribution in [-0.2, 0) is 6.42 Å². The Morgan fingerprint density at radius 2 is 1.61 bits per heavy atom. The van der Waals surface area contributed by atoms with Gasteiger partial charge in [0, 0.05) is 30.6 Å². The second kappa shape index (κ2) is 7.14. The summed E-state index contributed by atoms with van der Waals surface area (Å²) in [6.07, 6.45) is 1.70. The topological polar surface area (TPSA) is 41.1 Å². The molecular weight excluding hydrogens is 284 g/mol. The van der Waals surface area contributed by atoms with Crippen LogP contribution in [0.3, 0.4) is 0 Å². The number of ketones is 1. The highest BCUT2D eigenvalue weighted by Crippen LogP contribution is 2.17. The summed E-state index contributed by atoms with van der Waals surface area (Å²) in [5.41, 5.74) is 3.85. The molecule has 0 aromatic heterocycles. The molecule has 23 heavy (non-hydrogen) atoms. The average Bonchev–Trinajstić information content (AvgIpc) is 2.61. The summed E-state index contributed by atoms with van der Waals surface area (Å²) in [6.45, 7) is 3.84. The molecule has 0 radical (unpaired) electrons. The largest absolute Gasteiger partial charge is 0.371 e. The van der Waals surface area contributed by atoms with Gasteiger partial charge in [0.15, 0.2) is 5.78 Å². The third kappa shape index (κ3) is 3.81. The third-order valence-corrected chi connectivity index (χ3v) is 4.07. The Morgan fingerprint density at radius 3 is 2.26 bits per heavy atom. The van der Waals surface area contributed by atoms with Crippen LogP contribution in [0.5, 0.6) is 0 Å². The molecule has 0 unspecified atom stereocenters. The summed E-state index contributed by atoms with van der Waals surface area (Å²) >= 11 is 0. The lowest BCUT2D eigenvalue weighted by atomic mass is 9.96. The molecule has 1 aliphatic heterocycles. The minimum atomic E-state index is 0.0887. The molecular formula is C20H22N2O. The van der Waals surface area contributed by atoms with Crippen LogP contribution in [0, 0.1) is 6.92 Å². The quantitative estimate of drug-likeness (QED) is 0.673. The van der Waals surface area contributed by atoms with Crippen molar-refractivity contribution < 1.29 is 4.79 Å². The summed E-state index contributed by atoms with van der Waals surface area (Å²) < 4.78 is 0. The highest BCUT2D eigenvalue weighted by molar-refractivity contribution is 6.09. The fourth-order valence-electron chi connectivity index (χ4n) is 2.75. The summed E-state index contributed by atoms with van der Waals surface area (Å²) in [5.74, 6) is 0.969. The fraction of sp³-hybridized carbons (Fsp3) is 0.250. The zero-order valence-corrected chi connectivity index (χ0v) is 13.4. The summed E-state index contributed by atoms with van der Waals surface area (Å²) in [6, 6.07) is 17.9. The lowest BCUT2D eigenvalue weighted by Gasteiger charge is -2.23. The van der Waals surface area contributed by atoms with Crippen molar-refractivity contribution in [1.82, 2.24) is 10.6 Å². The molecule has 1 saturated heterocycles. The SMILES string of the molecule is Cc1ccc(C(=O)C(Cc2ccccc2)=C2NCCCN2)cc1. The first-order chi connectivity index (χ1) is 11.2. The maximum absolute atomic E-state index is 13.0. The maximum atomic E-state index is 13.0. The van der Waals surface area contributed by atoms with E-state index in [4.69, 9.17) is 0 Å². The Morgan fingerprint density at radius 1 is 0.957 bits per heavy atom. The monoisotopic (exact) mass is 306 g/mol. The van der Waals surface area contributed by atoms with E-state index in [1.165, 1.54) is 0 Å². The van der Waals surface area contributed by atoms with Crippen LogP contribution in [0.25, 0.3) is 0 Å². The van der Waals surface area contributed by atoms with E-state index in [2.05, 4.69) is 22.8 Å². The summed E-state index contributed by atoms with van der Waals surface area (Å²) in [4.78, 5) is 13.0. The summed E-state index contributed by atoms with van der Waals surface area (Å²) in [7, 11) is 0. The van der Waals surface area contributed by atoms with Crippen LogP contribution in [0.2, 0.25) is 0 Å². The van der Waals surface area contributed by atoms with Crippen molar-refractivity contribution in [3.05, 3.63) is 82.7 Å². The molecule has 118 valence electrons. The van der Waals surface area contributed by atoms with E-state index in [0.29, 0.717) is 6.42 Å². The average molecular weight is 306 g/mol. The van der Waals surface area contributed by atoms with Crippen molar-refractivity contribution in [2.75, 3.05) is 13.1 Å². The van der Waals surface area contributed by atoms with Crippen LogP contribution in [0.1, 0.15) is 27.9 Å². The molecule has 0 bridgehead atoms. The van der Waals surface area contributed by atoms with E-state index < -0.39 is 0 Å². The van der Waals surface area contributed by atoms with Crippen LogP contribution in [0.15, 0.2) is 66.0 Å². The Bertz CT molecular complexity index is 694. The number of Topliss-reactive ketones (excluding diaryl/α,β-unsaturated/α-hetero) is 1. The van der Waals surface area contributed by atoms with Crippen molar-refractivity contribution in [3.8, 4) is 0 Å². The van der Waals surface area contributed by atoms with Crippen LogP contribution < -0.4 is 10.6 Å².